The largest absolute Gasteiger partial charge is 0.488 e. The van der Waals surface area contributed by atoms with E-state index in [2.05, 4.69) is 77.0 Å². The van der Waals surface area contributed by atoms with E-state index >= 15 is 0 Å². The minimum absolute atomic E-state index is 0.669. The van der Waals surface area contributed by atoms with Gasteiger partial charge in [0.15, 0.2) is 23.0 Å². The third-order valence-electron chi connectivity index (χ3n) is 8.46. The second kappa shape index (κ2) is 27.8. The second-order valence-electron chi connectivity index (χ2n) is 12.8. The average Bonchev–Trinajstić information content (AvgIpc) is 3.97. The highest BCUT2D eigenvalue weighted by molar-refractivity contribution is 8.41. The molecular weight excluding hydrogens is 889 g/mol. The average molecular weight is 950 g/mol. The van der Waals surface area contributed by atoms with Gasteiger partial charge in [0, 0.05) is 0 Å². The van der Waals surface area contributed by atoms with Crippen molar-refractivity contribution in [2.24, 2.45) is 0 Å². The molecule has 0 radical (unpaired) electrons. The predicted molar refractivity (Wildman–Crippen MR) is 272 cm³/mol. The zero-order valence-corrected chi connectivity index (χ0v) is 42.5. The Labute approximate surface area is 380 Å². The van der Waals surface area contributed by atoms with Gasteiger partial charge in [-0.15, -0.1) is 69.7 Å². The summed E-state index contributed by atoms with van der Waals surface area (Å²) in [5.74, 6) is 3.48. The summed E-state index contributed by atoms with van der Waals surface area (Å²) < 4.78 is 34.8. The Hall–Kier alpha value is 0.1000. The van der Waals surface area contributed by atoms with Gasteiger partial charge in [0.1, 0.15) is 0 Å². The van der Waals surface area contributed by atoms with Crippen molar-refractivity contribution in [3.8, 4) is 23.0 Å². The summed E-state index contributed by atoms with van der Waals surface area (Å²) in [6.07, 6.45) is 31.1. The van der Waals surface area contributed by atoms with E-state index in [0.717, 1.165) is 120 Å². The van der Waals surface area contributed by atoms with Crippen LogP contribution in [0.2, 0.25) is 0 Å². The summed E-state index contributed by atoms with van der Waals surface area (Å²) in [6, 6.07) is 0. The van der Waals surface area contributed by atoms with Gasteiger partial charge in [0.05, 0.1) is 71.4 Å². The van der Waals surface area contributed by atoms with Crippen LogP contribution in [0.5, 0.6) is 23.0 Å². The normalized spacial score (nSPS) is 14.6. The van der Waals surface area contributed by atoms with E-state index in [0.29, 0.717) is 26.4 Å². The van der Waals surface area contributed by atoms with Crippen molar-refractivity contribution in [3.63, 3.8) is 0 Å². The Morgan fingerprint density at radius 3 is 0.911 bits per heavy atom. The highest BCUT2D eigenvalue weighted by Crippen LogP contribution is 2.59. The van der Waals surface area contributed by atoms with Gasteiger partial charge >= 0.3 is 0 Å². The van der Waals surface area contributed by atoms with E-state index in [-0.39, 0.29) is 0 Å². The van der Waals surface area contributed by atoms with E-state index < -0.39 is 0 Å². The first kappa shape index (κ1) is 48.8. The summed E-state index contributed by atoms with van der Waals surface area (Å²) in [4.78, 5) is 4.39. The molecular formula is C42H60O4S10. The third kappa shape index (κ3) is 14.9. The molecule has 0 atom stereocenters. The van der Waals surface area contributed by atoms with Crippen LogP contribution < -0.4 is 18.9 Å². The van der Waals surface area contributed by atoms with Crippen LogP contribution in [0.1, 0.15) is 124 Å². The van der Waals surface area contributed by atoms with Crippen LogP contribution in [-0.4, -0.2) is 51.5 Å². The molecule has 0 unspecified atom stereocenters. The van der Waals surface area contributed by atoms with Crippen molar-refractivity contribution in [2.45, 2.75) is 105 Å². The van der Waals surface area contributed by atoms with Crippen LogP contribution in [0.4, 0.5) is 0 Å². The molecule has 2 aromatic rings. The monoisotopic (exact) mass is 948 g/mol. The van der Waals surface area contributed by atoms with Gasteiger partial charge in [0.25, 0.3) is 0 Å². The van der Waals surface area contributed by atoms with Crippen molar-refractivity contribution in [1.82, 2.24) is 0 Å². The number of thioether (sulfide) groups is 8. The third-order valence-corrected chi connectivity index (χ3v) is 20.8. The fraction of sp³-hybridized carbons (Fsp3) is 0.571. The second-order valence-corrected chi connectivity index (χ2v) is 24.0. The summed E-state index contributed by atoms with van der Waals surface area (Å²) in [7, 11) is 0. The van der Waals surface area contributed by atoms with Crippen LogP contribution in [0.25, 0.3) is 24.3 Å². The lowest BCUT2D eigenvalue weighted by Gasteiger charge is -2.12. The maximum absolute atomic E-state index is 6.70. The van der Waals surface area contributed by atoms with Crippen molar-refractivity contribution in [3.05, 3.63) is 44.9 Å². The first-order valence-corrected chi connectivity index (χ1v) is 29.6. The Kier molecular flexibility index (Phi) is 24.2. The number of hydrogen-bond acceptors (Lipinski definition) is 14. The highest BCUT2D eigenvalue weighted by atomic mass is 32.3. The van der Waals surface area contributed by atoms with E-state index in [4.69, 9.17) is 18.9 Å². The van der Waals surface area contributed by atoms with Gasteiger partial charge < -0.3 is 18.9 Å². The lowest BCUT2D eigenvalue weighted by Crippen LogP contribution is -2.02. The van der Waals surface area contributed by atoms with Gasteiger partial charge in [-0.05, 0) is 75.0 Å². The summed E-state index contributed by atoms with van der Waals surface area (Å²) in [5, 5.41) is 0. The summed E-state index contributed by atoms with van der Waals surface area (Å²) in [6.45, 7) is 11.6. The molecule has 4 nitrogen and oxygen atoms in total. The molecule has 2 aliphatic heterocycles. The SMILES string of the molecule is CCCCCOc1c(C=C2SC(SC)=C(SC)S2)sc(/C=C/c2sc(C=C3SC(SC)=C(SC)S3)c(OCCCCC)c2OCCCCC)c1OCCCCC. The van der Waals surface area contributed by atoms with Crippen molar-refractivity contribution >= 4 is 141 Å². The lowest BCUT2D eigenvalue weighted by atomic mass is 10.2. The van der Waals surface area contributed by atoms with Gasteiger partial charge in [-0.1, -0.05) is 126 Å². The Morgan fingerprint density at radius 2 is 0.661 bits per heavy atom. The van der Waals surface area contributed by atoms with E-state index in [1.807, 2.05) is 94.1 Å². The fourth-order valence-corrected chi connectivity index (χ4v) is 17.7. The van der Waals surface area contributed by atoms with Crippen LogP contribution in [-0.2, 0) is 0 Å². The topological polar surface area (TPSA) is 36.9 Å². The predicted octanol–water partition coefficient (Wildman–Crippen LogP) is 17.5. The number of ether oxygens (including phenoxy) is 4. The van der Waals surface area contributed by atoms with Crippen LogP contribution in [0.3, 0.4) is 0 Å². The van der Waals surface area contributed by atoms with Crippen molar-refractivity contribution in [2.75, 3.05) is 51.5 Å². The van der Waals surface area contributed by atoms with Gasteiger partial charge in [-0.2, -0.15) is 0 Å². The van der Waals surface area contributed by atoms with Gasteiger partial charge in [0.2, 0.25) is 0 Å². The summed E-state index contributed by atoms with van der Waals surface area (Å²) >= 11 is 18.3. The van der Waals surface area contributed by atoms with E-state index in [1.54, 1.807) is 22.7 Å². The molecule has 0 saturated carbocycles. The van der Waals surface area contributed by atoms with Crippen LogP contribution in [0, 0.1) is 0 Å². The zero-order chi connectivity index (χ0) is 40.1. The standard InChI is InChI=1S/C42H60O4S10/c1-9-13-17-23-43-35-29(51-31(37(35)45-25-19-15-11-3)27-33-53-39(47-5)40(48-6)54-33)21-22-30-36(44-24-18-14-10-2)38(46-26-20-16-12-4)32(52-30)28-34-55-41(49-7)42(50-8)56-34/h21-22,27-28H,9-20,23-26H2,1-8H3/b22-21+. The minimum Gasteiger partial charge on any atom is -0.488 e. The quantitative estimate of drug-likeness (QED) is 0.0763. The van der Waals surface area contributed by atoms with Gasteiger partial charge in [-0.3, -0.25) is 0 Å². The Bertz CT molecular complexity index is 1510. The number of thiophene rings is 2. The maximum atomic E-state index is 6.70. The van der Waals surface area contributed by atoms with Crippen molar-refractivity contribution < 1.29 is 18.9 Å². The molecule has 0 amide bonds. The van der Waals surface area contributed by atoms with E-state index in [1.165, 1.54) is 25.4 Å². The number of unbranched alkanes of at least 4 members (excludes halogenated alkanes) is 8. The molecule has 0 spiro atoms. The molecule has 312 valence electrons. The fourth-order valence-electron chi connectivity index (χ4n) is 5.49. The molecule has 0 N–H and O–H groups in total. The minimum atomic E-state index is 0.669. The molecule has 0 fully saturated rings. The lowest BCUT2D eigenvalue weighted by molar-refractivity contribution is 0.261. The first-order chi connectivity index (χ1) is 27.4. The molecule has 56 heavy (non-hydrogen) atoms. The summed E-state index contributed by atoms with van der Waals surface area (Å²) in [5.41, 5.74) is 0. The molecule has 2 aliphatic rings. The maximum Gasteiger partial charge on any atom is 0.179 e. The Morgan fingerprint density at radius 1 is 0.393 bits per heavy atom. The number of hydrogen-bond donors (Lipinski definition) is 0. The molecule has 4 rings (SSSR count). The van der Waals surface area contributed by atoms with Crippen LogP contribution >= 0.6 is 117 Å². The smallest absolute Gasteiger partial charge is 0.179 e. The molecule has 14 heteroatoms. The Balaban J connectivity index is 1.81. The molecule has 4 heterocycles. The first-order valence-electron chi connectivity index (χ1n) is 19.8. The highest BCUT2D eigenvalue weighted by Gasteiger charge is 2.26. The van der Waals surface area contributed by atoms with Gasteiger partial charge in [-0.25, -0.2) is 0 Å². The molecule has 0 saturated heterocycles. The molecule has 0 bridgehead atoms. The van der Waals surface area contributed by atoms with E-state index in [9.17, 15) is 0 Å². The van der Waals surface area contributed by atoms with Crippen molar-refractivity contribution in [1.29, 1.82) is 0 Å². The molecule has 0 aromatic carbocycles. The number of rotatable bonds is 28. The zero-order valence-electron chi connectivity index (χ0n) is 34.3. The molecule has 2 aromatic heterocycles. The van der Waals surface area contributed by atoms with Crippen LogP contribution in [0.15, 0.2) is 25.4 Å². The molecule has 0 aliphatic carbocycles.